The van der Waals surface area contributed by atoms with Crippen molar-refractivity contribution in [3.05, 3.63) is 23.8 Å². The largest absolute Gasteiger partial charge is 0.478 e. The number of para-hydroxylation sites is 1. The highest BCUT2D eigenvalue weighted by Crippen LogP contribution is 2.30. The predicted octanol–water partition coefficient (Wildman–Crippen LogP) is 1.58. The summed E-state index contributed by atoms with van der Waals surface area (Å²) >= 11 is 0. The average Bonchev–Trinajstić information content (AvgIpc) is 2.38. The van der Waals surface area contributed by atoms with Crippen LogP contribution in [0, 0.1) is 0 Å². The number of piperidine rings is 1. The summed E-state index contributed by atoms with van der Waals surface area (Å²) in [4.78, 5) is 13.3. The van der Waals surface area contributed by atoms with Crippen molar-refractivity contribution >= 4 is 17.3 Å². The molecule has 1 fully saturated rings. The van der Waals surface area contributed by atoms with Crippen LogP contribution in [0.4, 0.5) is 11.4 Å². The molecular weight excluding hydrogens is 232 g/mol. The highest BCUT2D eigenvalue weighted by atomic mass is 16.5. The fraction of sp³-hybridized carbons (Fsp3) is 0.462. The minimum Gasteiger partial charge on any atom is -0.478 e. The molecule has 1 unspecified atom stereocenters. The van der Waals surface area contributed by atoms with Crippen molar-refractivity contribution in [3.63, 3.8) is 0 Å². The third-order valence-corrected chi connectivity index (χ3v) is 3.33. The van der Waals surface area contributed by atoms with Gasteiger partial charge in [0.2, 0.25) is 0 Å². The second-order valence-corrected chi connectivity index (χ2v) is 4.49. The SMILES string of the molecule is COC1CCCN(c2c(N)cccc2C(=O)O)C1. The molecule has 18 heavy (non-hydrogen) atoms. The number of anilines is 2. The molecule has 1 aliphatic heterocycles. The third kappa shape index (κ3) is 2.41. The van der Waals surface area contributed by atoms with Gasteiger partial charge in [-0.3, -0.25) is 0 Å². The van der Waals surface area contributed by atoms with Gasteiger partial charge in [-0.2, -0.15) is 0 Å². The molecule has 0 aliphatic carbocycles. The summed E-state index contributed by atoms with van der Waals surface area (Å²) in [5, 5.41) is 9.23. The summed E-state index contributed by atoms with van der Waals surface area (Å²) in [6.45, 7) is 1.50. The number of benzene rings is 1. The summed E-state index contributed by atoms with van der Waals surface area (Å²) in [6.07, 6.45) is 2.12. The fourth-order valence-corrected chi connectivity index (χ4v) is 2.42. The van der Waals surface area contributed by atoms with E-state index in [1.807, 2.05) is 4.90 Å². The number of nitrogens with zero attached hydrogens (tertiary/aromatic N) is 1. The highest BCUT2D eigenvalue weighted by molar-refractivity contribution is 5.98. The van der Waals surface area contributed by atoms with E-state index in [2.05, 4.69) is 0 Å². The lowest BCUT2D eigenvalue weighted by atomic mass is 10.0. The Morgan fingerprint density at radius 2 is 2.33 bits per heavy atom. The Bertz CT molecular complexity index is 448. The number of nitrogen functional groups attached to an aromatic ring is 1. The van der Waals surface area contributed by atoms with Crippen molar-refractivity contribution in [2.24, 2.45) is 0 Å². The Hall–Kier alpha value is -1.75. The number of carbonyl (C=O) groups is 1. The molecule has 1 atom stereocenters. The lowest BCUT2D eigenvalue weighted by molar-refractivity contribution is 0.0695. The molecule has 0 amide bonds. The van der Waals surface area contributed by atoms with E-state index in [1.54, 1.807) is 25.3 Å². The van der Waals surface area contributed by atoms with E-state index < -0.39 is 5.97 Å². The standard InChI is InChI=1S/C13H18N2O3/c1-18-9-4-3-7-15(8-9)12-10(13(16)17)5-2-6-11(12)14/h2,5-6,9H,3-4,7-8,14H2,1H3,(H,16,17). The molecule has 3 N–H and O–H groups in total. The summed E-state index contributed by atoms with van der Waals surface area (Å²) in [6, 6.07) is 4.99. The number of ether oxygens (including phenoxy) is 1. The van der Waals surface area contributed by atoms with E-state index in [9.17, 15) is 9.90 Å². The van der Waals surface area contributed by atoms with Crippen LogP contribution < -0.4 is 10.6 Å². The van der Waals surface area contributed by atoms with Crippen LogP contribution in [-0.4, -0.2) is 37.4 Å². The van der Waals surface area contributed by atoms with Gasteiger partial charge < -0.3 is 20.5 Å². The molecule has 0 aromatic heterocycles. The molecule has 5 heteroatoms. The van der Waals surface area contributed by atoms with E-state index >= 15 is 0 Å². The Morgan fingerprint density at radius 3 is 3.00 bits per heavy atom. The zero-order valence-corrected chi connectivity index (χ0v) is 10.4. The average molecular weight is 250 g/mol. The molecule has 0 radical (unpaired) electrons. The van der Waals surface area contributed by atoms with E-state index in [0.717, 1.165) is 19.4 Å². The topological polar surface area (TPSA) is 75.8 Å². The van der Waals surface area contributed by atoms with Crippen molar-refractivity contribution in [2.45, 2.75) is 18.9 Å². The molecule has 0 spiro atoms. The van der Waals surface area contributed by atoms with Gasteiger partial charge in [0.25, 0.3) is 0 Å². The van der Waals surface area contributed by atoms with Crippen molar-refractivity contribution < 1.29 is 14.6 Å². The number of rotatable bonds is 3. The summed E-state index contributed by atoms with van der Waals surface area (Å²) in [5.41, 5.74) is 7.31. The zero-order chi connectivity index (χ0) is 13.1. The van der Waals surface area contributed by atoms with Crippen LogP contribution in [0.5, 0.6) is 0 Å². The third-order valence-electron chi connectivity index (χ3n) is 3.33. The minimum atomic E-state index is -0.947. The lowest BCUT2D eigenvalue weighted by Crippen LogP contribution is -2.40. The molecule has 1 aliphatic rings. The van der Waals surface area contributed by atoms with Gasteiger partial charge in [0.1, 0.15) is 0 Å². The molecule has 1 heterocycles. The van der Waals surface area contributed by atoms with Gasteiger partial charge in [0, 0.05) is 20.2 Å². The first-order chi connectivity index (χ1) is 8.63. The van der Waals surface area contributed by atoms with Gasteiger partial charge >= 0.3 is 5.97 Å². The number of nitrogens with two attached hydrogens (primary N) is 1. The van der Waals surface area contributed by atoms with Crippen molar-refractivity contribution in [2.75, 3.05) is 30.8 Å². The number of carboxylic acid groups (broad SMARTS) is 1. The van der Waals surface area contributed by atoms with Gasteiger partial charge in [-0.1, -0.05) is 6.07 Å². The summed E-state index contributed by atoms with van der Waals surface area (Å²) < 4.78 is 5.35. The molecular formula is C13H18N2O3. The second kappa shape index (κ2) is 5.27. The van der Waals surface area contributed by atoms with Crippen molar-refractivity contribution in [1.29, 1.82) is 0 Å². The lowest BCUT2D eigenvalue weighted by Gasteiger charge is -2.35. The monoisotopic (exact) mass is 250 g/mol. The molecule has 2 rings (SSSR count). The Kier molecular flexibility index (Phi) is 3.72. The number of carboxylic acids is 1. The van der Waals surface area contributed by atoms with Gasteiger partial charge in [-0.05, 0) is 25.0 Å². The minimum absolute atomic E-state index is 0.139. The molecule has 1 aromatic rings. The van der Waals surface area contributed by atoms with E-state index in [-0.39, 0.29) is 11.7 Å². The Labute approximate surface area is 106 Å². The van der Waals surface area contributed by atoms with Gasteiger partial charge in [-0.15, -0.1) is 0 Å². The zero-order valence-electron chi connectivity index (χ0n) is 10.4. The molecule has 98 valence electrons. The molecule has 5 nitrogen and oxygen atoms in total. The first-order valence-corrected chi connectivity index (χ1v) is 6.03. The van der Waals surface area contributed by atoms with Gasteiger partial charge in [0.15, 0.2) is 0 Å². The Morgan fingerprint density at radius 1 is 1.56 bits per heavy atom. The molecule has 1 saturated heterocycles. The van der Waals surface area contributed by atoms with Gasteiger partial charge in [0.05, 0.1) is 23.0 Å². The number of methoxy groups -OCH3 is 1. The maximum Gasteiger partial charge on any atom is 0.337 e. The predicted molar refractivity (Wildman–Crippen MR) is 70.1 cm³/mol. The van der Waals surface area contributed by atoms with E-state index in [4.69, 9.17) is 10.5 Å². The van der Waals surface area contributed by atoms with Crippen LogP contribution in [0.2, 0.25) is 0 Å². The number of aromatic carboxylic acids is 1. The fourth-order valence-electron chi connectivity index (χ4n) is 2.42. The van der Waals surface area contributed by atoms with Crippen LogP contribution in [-0.2, 0) is 4.74 Å². The summed E-state index contributed by atoms with van der Waals surface area (Å²) in [7, 11) is 1.68. The normalized spacial score (nSPS) is 19.8. The highest BCUT2D eigenvalue weighted by Gasteiger charge is 2.24. The van der Waals surface area contributed by atoms with Crippen molar-refractivity contribution in [1.82, 2.24) is 0 Å². The van der Waals surface area contributed by atoms with Crippen LogP contribution in [0.25, 0.3) is 0 Å². The van der Waals surface area contributed by atoms with Crippen LogP contribution in [0.15, 0.2) is 18.2 Å². The van der Waals surface area contributed by atoms with Gasteiger partial charge in [-0.25, -0.2) is 4.79 Å². The smallest absolute Gasteiger partial charge is 0.337 e. The van der Waals surface area contributed by atoms with Crippen LogP contribution >= 0.6 is 0 Å². The van der Waals surface area contributed by atoms with Crippen LogP contribution in [0.3, 0.4) is 0 Å². The van der Waals surface area contributed by atoms with Crippen molar-refractivity contribution in [3.8, 4) is 0 Å². The second-order valence-electron chi connectivity index (χ2n) is 4.49. The van der Waals surface area contributed by atoms with Crippen LogP contribution in [0.1, 0.15) is 23.2 Å². The Balaban J connectivity index is 2.34. The first kappa shape index (κ1) is 12.7. The molecule has 0 bridgehead atoms. The number of hydrogen-bond acceptors (Lipinski definition) is 4. The molecule has 1 aromatic carbocycles. The first-order valence-electron chi connectivity index (χ1n) is 6.03. The van der Waals surface area contributed by atoms with E-state index in [1.165, 1.54) is 0 Å². The quantitative estimate of drug-likeness (QED) is 0.797. The summed E-state index contributed by atoms with van der Waals surface area (Å²) in [5.74, 6) is -0.947. The van der Waals surface area contributed by atoms with E-state index in [0.29, 0.717) is 17.9 Å². The number of hydrogen-bond donors (Lipinski definition) is 2. The molecule has 0 saturated carbocycles. The maximum absolute atomic E-state index is 11.3. The maximum atomic E-state index is 11.3.